The molecule has 0 bridgehead atoms. The van der Waals surface area contributed by atoms with Gasteiger partial charge in [0.1, 0.15) is 46.0 Å². The molecule has 0 amide bonds. The summed E-state index contributed by atoms with van der Waals surface area (Å²) in [6.45, 7) is 14.7. The molecule has 8 rings (SSSR count). The molecular formula is C78H100Cl8O8. The molecule has 8 nitrogen and oxygen atoms in total. The van der Waals surface area contributed by atoms with Crippen molar-refractivity contribution in [1.29, 1.82) is 0 Å². The normalized spacial score (nSPS) is 10.1. The van der Waals surface area contributed by atoms with Gasteiger partial charge in [-0.15, -0.1) is 0 Å². The van der Waals surface area contributed by atoms with Crippen LogP contribution in [0.15, 0.2) is 152 Å². The Morgan fingerprint density at radius 1 is 0.245 bits per heavy atom. The van der Waals surface area contributed by atoms with Crippen LogP contribution in [0, 0.1) is 6.92 Å². The van der Waals surface area contributed by atoms with E-state index in [1.54, 1.807) is 91.0 Å². The molecule has 0 heterocycles. The van der Waals surface area contributed by atoms with E-state index in [1.165, 1.54) is 70.6 Å². The molecule has 0 fully saturated rings. The van der Waals surface area contributed by atoms with Gasteiger partial charge in [-0.05, 0) is 189 Å². The summed E-state index contributed by atoms with van der Waals surface area (Å²) in [4.78, 5) is 0. The van der Waals surface area contributed by atoms with Crippen molar-refractivity contribution < 1.29 is 40.9 Å². The number of rotatable bonds is 23. The van der Waals surface area contributed by atoms with E-state index >= 15 is 0 Å². The lowest BCUT2D eigenvalue weighted by Gasteiger charge is -2.05. The molecule has 0 aliphatic carbocycles. The highest BCUT2D eigenvalue weighted by Gasteiger charge is 2.08. The zero-order valence-corrected chi connectivity index (χ0v) is 61.8. The SMILES string of the molecule is CCCCCCCCc1cc(Cl)ccc1O.CCCCCCCc1cc(Cl)ccc1O.CCCCCc1cccc(O)c1Cl.CCCCc1cccc(O)c1Cl.CCCc1cccc(O)c1Cl.CCc1cccc(O)c1Cl.Cc1cccc(O)c1Cl.Oc1ccccc1Cl. The molecule has 0 aliphatic heterocycles. The second-order valence-corrected chi connectivity index (χ2v) is 25.4. The fourth-order valence-corrected chi connectivity index (χ4v) is 10.5. The van der Waals surface area contributed by atoms with E-state index in [0.717, 1.165) is 116 Å². The molecule has 0 saturated carbocycles. The van der Waals surface area contributed by atoms with Crippen molar-refractivity contribution in [3.8, 4) is 46.0 Å². The van der Waals surface area contributed by atoms with Gasteiger partial charge in [-0.25, -0.2) is 0 Å². The van der Waals surface area contributed by atoms with Crippen LogP contribution in [0.2, 0.25) is 40.2 Å². The maximum absolute atomic E-state index is 9.62. The number of phenolic OH excluding ortho intramolecular Hbond substituents is 8. The molecule has 0 saturated heterocycles. The van der Waals surface area contributed by atoms with Crippen LogP contribution in [-0.2, 0) is 38.5 Å². The van der Waals surface area contributed by atoms with Crippen LogP contribution in [-0.4, -0.2) is 40.9 Å². The monoisotopic (exact) mass is 1440 g/mol. The lowest BCUT2D eigenvalue weighted by atomic mass is 10.0. The van der Waals surface area contributed by atoms with Gasteiger partial charge in [-0.2, -0.15) is 0 Å². The number of halogens is 8. The molecule has 0 aromatic heterocycles. The van der Waals surface area contributed by atoms with E-state index in [-0.39, 0.29) is 34.5 Å². The smallest absolute Gasteiger partial charge is 0.134 e. The largest absolute Gasteiger partial charge is 0.508 e. The molecule has 516 valence electrons. The molecular weight excluding hydrogens is 1350 g/mol. The van der Waals surface area contributed by atoms with Crippen LogP contribution < -0.4 is 0 Å². The van der Waals surface area contributed by atoms with E-state index in [9.17, 15) is 25.5 Å². The van der Waals surface area contributed by atoms with Crippen LogP contribution in [0.3, 0.4) is 0 Å². The number of hydrogen-bond donors (Lipinski definition) is 8. The minimum Gasteiger partial charge on any atom is -0.508 e. The minimum absolute atomic E-state index is 0.133. The van der Waals surface area contributed by atoms with Gasteiger partial charge in [-0.3, -0.25) is 0 Å². The third kappa shape index (κ3) is 37.1. The van der Waals surface area contributed by atoms with Gasteiger partial charge in [0.25, 0.3) is 0 Å². The highest BCUT2D eigenvalue weighted by Crippen LogP contribution is 2.32. The Bertz CT molecular complexity index is 3280. The number of unbranched alkanes of at least 4 members (excludes halogenated alkanes) is 12. The van der Waals surface area contributed by atoms with Crippen molar-refractivity contribution in [3.63, 3.8) is 0 Å². The molecule has 8 aromatic rings. The average Bonchev–Trinajstić information content (AvgIpc) is 1.73. The van der Waals surface area contributed by atoms with Gasteiger partial charge in [0.05, 0.1) is 30.1 Å². The third-order valence-corrected chi connectivity index (χ3v) is 17.5. The van der Waals surface area contributed by atoms with Crippen molar-refractivity contribution in [2.45, 2.75) is 196 Å². The van der Waals surface area contributed by atoms with Gasteiger partial charge in [0.2, 0.25) is 0 Å². The summed E-state index contributed by atoms with van der Waals surface area (Å²) in [5, 5.41) is 78.1. The Morgan fingerprint density at radius 3 is 0.904 bits per heavy atom. The van der Waals surface area contributed by atoms with Crippen molar-refractivity contribution in [2.24, 2.45) is 0 Å². The van der Waals surface area contributed by atoms with Crippen LogP contribution in [0.5, 0.6) is 46.0 Å². The maximum Gasteiger partial charge on any atom is 0.134 e. The number of phenols is 8. The number of hydrogen-bond acceptors (Lipinski definition) is 8. The zero-order chi connectivity index (χ0) is 70.2. The highest BCUT2D eigenvalue weighted by atomic mass is 35.5. The fourth-order valence-electron chi connectivity index (χ4n) is 8.93. The average molecular weight is 1450 g/mol. The van der Waals surface area contributed by atoms with E-state index in [4.69, 9.17) is 108 Å². The van der Waals surface area contributed by atoms with Gasteiger partial charge in [-0.1, -0.05) is 291 Å². The molecule has 8 N–H and O–H groups in total. The van der Waals surface area contributed by atoms with Crippen LogP contribution in [0.25, 0.3) is 0 Å². The molecule has 0 atom stereocenters. The minimum atomic E-state index is 0.133. The summed E-state index contributed by atoms with van der Waals surface area (Å²) >= 11 is 46.2. The van der Waals surface area contributed by atoms with Crippen molar-refractivity contribution in [1.82, 2.24) is 0 Å². The fraction of sp³-hybridized carbons (Fsp3) is 0.385. The van der Waals surface area contributed by atoms with Gasteiger partial charge >= 0.3 is 0 Å². The molecule has 0 spiro atoms. The number of aryl methyl sites for hydroxylation is 7. The van der Waals surface area contributed by atoms with Crippen LogP contribution in [0.4, 0.5) is 0 Å². The van der Waals surface area contributed by atoms with Crippen molar-refractivity contribution in [2.75, 3.05) is 0 Å². The predicted molar refractivity (Wildman–Crippen MR) is 404 cm³/mol. The lowest BCUT2D eigenvalue weighted by molar-refractivity contribution is 0.465. The molecule has 0 radical (unpaired) electrons. The second kappa shape index (κ2) is 52.6. The Kier molecular flexibility index (Phi) is 48.4. The predicted octanol–water partition coefficient (Wildman–Crippen LogP) is 26.7. The summed E-state index contributed by atoms with van der Waals surface area (Å²) in [5.41, 5.74) is 6.95. The highest BCUT2D eigenvalue weighted by molar-refractivity contribution is 6.34. The first-order valence-corrected chi connectivity index (χ1v) is 35.7. The Labute approximate surface area is 602 Å². The Balaban J connectivity index is 0.000000542. The van der Waals surface area contributed by atoms with E-state index < -0.39 is 0 Å². The molecule has 16 heteroatoms. The topological polar surface area (TPSA) is 162 Å². The molecule has 0 aliphatic rings. The molecule has 94 heavy (non-hydrogen) atoms. The summed E-state index contributed by atoms with van der Waals surface area (Å²) < 4.78 is 0. The summed E-state index contributed by atoms with van der Waals surface area (Å²) in [6, 6.07) is 43.8. The van der Waals surface area contributed by atoms with E-state index in [2.05, 4.69) is 34.6 Å². The standard InChI is InChI=1S/C14H21ClO.C13H19ClO.C11H15ClO.C10H13ClO.C9H11ClO.C8H9ClO.C7H7ClO.C6H5ClO/c1-2-3-4-5-6-7-8-12-11-13(15)9-10-14(12)16;1-2-3-4-5-6-7-11-10-12(14)8-9-13(11)15;1-2-3-4-6-9-7-5-8-10(13)11(9)12;1-2-3-5-8-6-4-7-9(12)10(8)11;1-2-4-7-5-3-6-8(11)9(7)10;1-2-6-4-3-5-7(10)8(6)9;1-5-3-2-4-6(9)7(5)8;7-5-3-1-2-4-6(5)8/h9-11,16H,2-8H2,1H3;8-10,15H,2-7H2,1H3;5,7-8,13H,2-4,6H2,1H3;4,6-7,12H,2-3,5H2,1H3;3,5-6,11H,2,4H2,1H3;3-5,10H,2H2,1H3;2-4,9H,1H3;1-4,8H. The van der Waals surface area contributed by atoms with E-state index in [1.807, 2.05) is 74.5 Å². The van der Waals surface area contributed by atoms with E-state index in [0.29, 0.717) is 51.7 Å². The van der Waals surface area contributed by atoms with Gasteiger partial charge < -0.3 is 40.9 Å². The lowest BCUT2D eigenvalue weighted by Crippen LogP contribution is -1.87. The molecule has 0 unspecified atom stereocenters. The maximum atomic E-state index is 9.62. The first-order valence-electron chi connectivity index (χ1n) is 32.7. The quantitative estimate of drug-likeness (QED) is 0.0294. The zero-order valence-electron chi connectivity index (χ0n) is 55.8. The van der Waals surface area contributed by atoms with Crippen molar-refractivity contribution in [3.05, 3.63) is 231 Å². The summed E-state index contributed by atoms with van der Waals surface area (Å²) in [7, 11) is 0. The first kappa shape index (κ1) is 86.5. The third-order valence-electron chi connectivity index (χ3n) is 14.4. The summed E-state index contributed by atoms with van der Waals surface area (Å²) in [6.07, 6.45) is 26.3. The summed E-state index contributed by atoms with van der Waals surface area (Å²) in [5.74, 6) is 1.75. The van der Waals surface area contributed by atoms with Gasteiger partial charge in [0.15, 0.2) is 0 Å². The van der Waals surface area contributed by atoms with Crippen LogP contribution in [0.1, 0.15) is 190 Å². The first-order chi connectivity index (χ1) is 45.0. The van der Waals surface area contributed by atoms with Crippen LogP contribution >= 0.6 is 92.8 Å². The second-order valence-electron chi connectivity index (χ2n) is 22.3. The van der Waals surface area contributed by atoms with Crippen molar-refractivity contribution >= 4 is 92.8 Å². The Hall–Kier alpha value is -5.52. The molecule has 8 aromatic carbocycles. The Morgan fingerprint density at radius 2 is 0.553 bits per heavy atom. The number of aromatic hydroxyl groups is 8. The number of para-hydroxylation sites is 1. The number of benzene rings is 8. The van der Waals surface area contributed by atoms with Gasteiger partial charge in [0, 0.05) is 10.0 Å².